The van der Waals surface area contributed by atoms with Gasteiger partial charge in [0, 0.05) is 18.7 Å². The summed E-state index contributed by atoms with van der Waals surface area (Å²) in [5, 5.41) is 0. The third-order valence-electron chi connectivity index (χ3n) is 3.24. The van der Waals surface area contributed by atoms with E-state index in [4.69, 9.17) is 4.79 Å². The standard InChI is InChI=1S/C14H21NO.C6H6.CH2O/c1-4-10-15(11-5-2)14(16)13-8-6-12(3)7-9-13;1-2-4-6-5-3-1;1-2/h6-9H,4-5,10-11H2,1-3H3;1-6H;1H2. The average Bonchev–Trinajstić information content (AvgIpc) is 2.65. The topological polar surface area (TPSA) is 37.4 Å². The summed E-state index contributed by atoms with van der Waals surface area (Å²) in [5.74, 6) is 0.156. The summed E-state index contributed by atoms with van der Waals surface area (Å²) in [5.41, 5.74) is 1.99. The first-order valence-electron chi connectivity index (χ1n) is 8.33. The van der Waals surface area contributed by atoms with E-state index in [9.17, 15) is 4.79 Å². The molecule has 0 atom stereocenters. The number of aryl methyl sites for hydroxylation is 1. The van der Waals surface area contributed by atoms with Crippen LogP contribution in [-0.2, 0) is 4.79 Å². The van der Waals surface area contributed by atoms with Gasteiger partial charge in [-0.05, 0) is 31.9 Å². The second-order valence-electron chi connectivity index (χ2n) is 5.31. The molecule has 3 nitrogen and oxygen atoms in total. The Kier molecular flexibility index (Phi) is 12.8. The van der Waals surface area contributed by atoms with Crippen LogP contribution in [0.3, 0.4) is 0 Å². The lowest BCUT2D eigenvalue weighted by atomic mass is 10.1. The lowest BCUT2D eigenvalue weighted by molar-refractivity contribution is -0.0980. The molecule has 3 heteroatoms. The molecule has 0 fully saturated rings. The van der Waals surface area contributed by atoms with E-state index in [2.05, 4.69) is 13.8 Å². The van der Waals surface area contributed by atoms with Gasteiger partial charge in [0.05, 0.1) is 0 Å². The molecule has 0 saturated heterocycles. The zero-order valence-corrected chi connectivity index (χ0v) is 15.1. The van der Waals surface area contributed by atoms with Crippen LogP contribution in [0.5, 0.6) is 0 Å². The minimum absolute atomic E-state index is 0.156. The maximum absolute atomic E-state index is 12.2. The predicted molar refractivity (Wildman–Crippen MR) is 101 cm³/mol. The minimum Gasteiger partial charge on any atom is -0.339 e. The predicted octanol–water partition coefficient (Wildman–Crippen LogP) is 4.76. The molecule has 0 N–H and O–H groups in total. The first-order chi connectivity index (χ1) is 11.7. The Bertz CT molecular complexity index is 505. The molecule has 1 amide bonds. The van der Waals surface area contributed by atoms with Crippen LogP contribution in [0.15, 0.2) is 60.7 Å². The van der Waals surface area contributed by atoms with Crippen molar-refractivity contribution in [2.75, 3.05) is 13.1 Å². The fourth-order valence-electron chi connectivity index (χ4n) is 2.12. The van der Waals surface area contributed by atoms with Gasteiger partial charge in [-0.3, -0.25) is 4.79 Å². The molecule has 0 heterocycles. The highest BCUT2D eigenvalue weighted by molar-refractivity contribution is 5.94. The van der Waals surface area contributed by atoms with E-state index >= 15 is 0 Å². The molecule has 2 rings (SSSR count). The molecule has 0 saturated carbocycles. The van der Waals surface area contributed by atoms with Gasteiger partial charge in [0.1, 0.15) is 6.79 Å². The number of amides is 1. The van der Waals surface area contributed by atoms with Crippen molar-refractivity contribution in [3.05, 3.63) is 71.8 Å². The van der Waals surface area contributed by atoms with Crippen LogP contribution in [0, 0.1) is 6.92 Å². The Morgan fingerprint density at radius 2 is 1.21 bits per heavy atom. The number of carbonyl (C=O) groups is 2. The Morgan fingerprint density at radius 3 is 1.54 bits per heavy atom. The lowest BCUT2D eigenvalue weighted by Gasteiger charge is -2.21. The largest absolute Gasteiger partial charge is 0.339 e. The molecule has 0 bridgehead atoms. The summed E-state index contributed by atoms with van der Waals surface area (Å²) < 4.78 is 0. The van der Waals surface area contributed by atoms with Crippen molar-refractivity contribution in [2.45, 2.75) is 33.6 Å². The van der Waals surface area contributed by atoms with Crippen molar-refractivity contribution >= 4 is 12.7 Å². The summed E-state index contributed by atoms with van der Waals surface area (Å²) in [6.07, 6.45) is 2.02. The molecule has 0 aromatic heterocycles. The number of carbonyl (C=O) groups excluding carboxylic acids is 2. The molecule has 0 aliphatic carbocycles. The maximum Gasteiger partial charge on any atom is 0.253 e. The summed E-state index contributed by atoms with van der Waals surface area (Å²) >= 11 is 0. The highest BCUT2D eigenvalue weighted by Gasteiger charge is 2.13. The quantitative estimate of drug-likeness (QED) is 0.794. The maximum atomic E-state index is 12.2. The summed E-state index contributed by atoms with van der Waals surface area (Å²) in [6, 6.07) is 19.8. The molecule has 0 aliphatic heterocycles. The van der Waals surface area contributed by atoms with Gasteiger partial charge in [-0.2, -0.15) is 0 Å². The number of rotatable bonds is 5. The molecule has 2 aromatic rings. The van der Waals surface area contributed by atoms with Gasteiger partial charge in [-0.25, -0.2) is 0 Å². The van der Waals surface area contributed by atoms with Crippen molar-refractivity contribution in [2.24, 2.45) is 0 Å². The van der Waals surface area contributed by atoms with E-state index in [1.807, 2.05) is 79.3 Å². The molecule has 130 valence electrons. The second-order valence-corrected chi connectivity index (χ2v) is 5.31. The third-order valence-corrected chi connectivity index (χ3v) is 3.24. The lowest BCUT2D eigenvalue weighted by Crippen LogP contribution is -2.32. The van der Waals surface area contributed by atoms with E-state index in [1.54, 1.807) is 0 Å². The minimum atomic E-state index is 0.156. The second kappa shape index (κ2) is 14.2. The third kappa shape index (κ3) is 8.89. The van der Waals surface area contributed by atoms with Crippen molar-refractivity contribution in [3.8, 4) is 0 Å². The van der Waals surface area contributed by atoms with Crippen LogP contribution < -0.4 is 0 Å². The van der Waals surface area contributed by atoms with E-state index in [0.29, 0.717) is 0 Å². The van der Waals surface area contributed by atoms with Crippen LogP contribution in [0.4, 0.5) is 0 Å². The highest BCUT2D eigenvalue weighted by atomic mass is 16.2. The summed E-state index contributed by atoms with van der Waals surface area (Å²) in [6.45, 7) is 9.93. The van der Waals surface area contributed by atoms with E-state index in [-0.39, 0.29) is 5.91 Å². The smallest absolute Gasteiger partial charge is 0.253 e. The number of nitrogens with zero attached hydrogens (tertiary/aromatic N) is 1. The van der Waals surface area contributed by atoms with E-state index in [0.717, 1.165) is 31.5 Å². The Morgan fingerprint density at radius 1 is 0.833 bits per heavy atom. The Hall–Kier alpha value is -2.42. The average molecular weight is 327 g/mol. The Labute approximate surface area is 146 Å². The highest BCUT2D eigenvalue weighted by Crippen LogP contribution is 2.08. The van der Waals surface area contributed by atoms with Crippen LogP contribution in [-0.4, -0.2) is 30.7 Å². The van der Waals surface area contributed by atoms with Crippen LogP contribution in [0.1, 0.15) is 42.6 Å². The molecule has 0 radical (unpaired) electrons. The van der Waals surface area contributed by atoms with Crippen molar-refractivity contribution in [1.29, 1.82) is 0 Å². The molecular weight excluding hydrogens is 298 g/mol. The molecule has 0 spiro atoms. The SMILES string of the molecule is C=O.CCCN(CCC)C(=O)c1ccc(C)cc1.c1ccccc1. The van der Waals surface area contributed by atoms with Gasteiger partial charge in [0.2, 0.25) is 0 Å². The van der Waals surface area contributed by atoms with Crippen LogP contribution in [0.25, 0.3) is 0 Å². The normalized spacial score (nSPS) is 8.96. The first kappa shape index (κ1) is 21.6. The van der Waals surface area contributed by atoms with Gasteiger partial charge in [-0.1, -0.05) is 67.9 Å². The monoisotopic (exact) mass is 327 g/mol. The number of hydrogen-bond donors (Lipinski definition) is 0. The fourth-order valence-corrected chi connectivity index (χ4v) is 2.12. The zero-order valence-electron chi connectivity index (χ0n) is 15.1. The van der Waals surface area contributed by atoms with E-state index < -0.39 is 0 Å². The first-order valence-corrected chi connectivity index (χ1v) is 8.33. The molecule has 2 aromatic carbocycles. The van der Waals surface area contributed by atoms with Crippen LogP contribution in [0.2, 0.25) is 0 Å². The van der Waals surface area contributed by atoms with Gasteiger partial charge < -0.3 is 9.69 Å². The van der Waals surface area contributed by atoms with Gasteiger partial charge in [0.25, 0.3) is 5.91 Å². The van der Waals surface area contributed by atoms with Crippen molar-refractivity contribution in [3.63, 3.8) is 0 Å². The zero-order chi connectivity index (χ0) is 18.2. The van der Waals surface area contributed by atoms with Gasteiger partial charge in [0.15, 0.2) is 0 Å². The molecule has 0 unspecified atom stereocenters. The summed E-state index contributed by atoms with van der Waals surface area (Å²) in [7, 11) is 0. The molecule has 24 heavy (non-hydrogen) atoms. The molecular formula is C21H29NO2. The van der Waals surface area contributed by atoms with Gasteiger partial charge in [-0.15, -0.1) is 0 Å². The van der Waals surface area contributed by atoms with Gasteiger partial charge >= 0.3 is 0 Å². The Balaban J connectivity index is 0.000000547. The van der Waals surface area contributed by atoms with E-state index in [1.165, 1.54) is 5.56 Å². The van der Waals surface area contributed by atoms with Crippen molar-refractivity contribution < 1.29 is 9.59 Å². The number of hydrogen-bond acceptors (Lipinski definition) is 2. The van der Waals surface area contributed by atoms with Crippen LogP contribution >= 0.6 is 0 Å². The number of benzene rings is 2. The molecule has 0 aliphatic rings. The fraction of sp³-hybridized carbons (Fsp3) is 0.333. The van der Waals surface area contributed by atoms with Crippen molar-refractivity contribution in [1.82, 2.24) is 4.90 Å². The summed E-state index contributed by atoms with van der Waals surface area (Å²) in [4.78, 5) is 22.1.